The Kier molecular flexibility index (Phi) is 10.4. The molecule has 0 radical (unpaired) electrons. The number of nitrogens with zero attached hydrogens (tertiary/aromatic N) is 1. The molecule has 0 aromatic heterocycles. The van der Waals surface area contributed by atoms with Crippen LogP contribution in [0.2, 0.25) is 5.02 Å². The van der Waals surface area contributed by atoms with E-state index in [2.05, 4.69) is 5.32 Å². The zero-order valence-electron chi connectivity index (χ0n) is 21.9. The van der Waals surface area contributed by atoms with E-state index < -0.39 is 6.04 Å². The van der Waals surface area contributed by atoms with Gasteiger partial charge in [-0.1, -0.05) is 66.2 Å². The molecular formula is C30H35ClN2O4. The molecule has 3 aromatic carbocycles. The summed E-state index contributed by atoms with van der Waals surface area (Å²) in [7, 11) is 3.17. The number of aryl methyl sites for hydroxylation is 1. The number of rotatable bonds is 12. The molecule has 1 atom stereocenters. The summed E-state index contributed by atoms with van der Waals surface area (Å²) < 4.78 is 10.7. The molecule has 3 aromatic rings. The van der Waals surface area contributed by atoms with Gasteiger partial charge in [-0.15, -0.1) is 0 Å². The first-order valence-corrected chi connectivity index (χ1v) is 12.8. The molecule has 6 nitrogen and oxygen atoms in total. The van der Waals surface area contributed by atoms with Crippen LogP contribution in [0.4, 0.5) is 0 Å². The number of carbonyl (C=O) groups is 2. The van der Waals surface area contributed by atoms with E-state index in [1.54, 1.807) is 25.2 Å². The average Bonchev–Trinajstić information content (AvgIpc) is 2.90. The van der Waals surface area contributed by atoms with Gasteiger partial charge >= 0.3 is 0 Å². The van der Waals surface area contributed by atoms with Gasteiger partial charge in [0.15, 0.2) is 11.5 Å². The van der Waals surface area contributed by atoms with Crippen molar-refractivity contribution >= 4 is 23.4 Å². The quantitative estimate of drug-likeness (QED) is 0.343. The first kappa shape index (κ1) is 28.1. The molecule has 37 heavy (non-hydrogen) atoms. The van der Waals surface area contributed by atoms with Gasteiger partial charge in [-0.2, -0.15) is 0 Å². The number of amides is 2. The van der Waals surface area contributed by atoms with Crippen LogP contribution < -0.4 is 14.8 Å². The molecule has 1 unspecified atom stereocenters. The van der Waals surface area contributed by atoms with Gasteiger partial charge in [0.25, 0.3) is 0 Å². The van der Waals surface area contributed by atoms with Crippen LogP contribution in [0, 0.1) is 0 Å². The van der Waals surface area contributed by atoms with Crippen molar-refractivity contribution < 1.29 is 19.1 Å². The highest BCUT2D eigenvalue weighted by atomic mass is 35.5. The van der Waals surface area contributed by atoms with Crippen LogP contribution in [0.1, 0.15) is 37.0 Å². The topological polar surface area (TPSA) is 67.9 Å². The lowest BCUT2D eigenvalue weighted by Gasteiger charge is -2.32. The van der Waals surface area contributed by atoms with E-state index in [1.165, 1.54) is 0 Å². The number of carbonyl (C=O) groups excluding carboxylic acids is 2. The molecule has 0 aliphatic heterocycles. The third kappa shape index (κ3) is 7.99. The van der Waals surface area contributed by atoms with E-state index >= 15 is 0 Å². The standard InChI is InChI=1S/C30H35ClN2O4/c1-21(2)32-30(35)26(18-22-10-6-5-7-11-22)33(20-24-12-8-9-13-25(24)31)29(34)17-15-23-14-16-27(36-3)28(19-23)37-4/h5-14,16,19,21,26H,15,17-18,20H2,1-4H3,(H,32,35). The minimum Gasteiger partial charge on any atom is -0.493 e. The zero-order chi connectivity index (χ0) is 26.8. The summed E-state index contributed by atoms with van der Waals surface area (Å²) in [6.07, 6.45) is 1.11. The van der Waals surface area contributed by atoms with Crippen molar-refractivity contribution in [2.45, 2.75) is 51.7 Å². The monoisotopic (exact) mass is 522 g/mol. The molecule has 0 saturated carbocycles. The summed E-state index contributed by atoms with van der Waals surface area (Å²) in [5, 5.41) is 3.56. The van der Waals surface area contributed by atoms with Crippen molar-refractivity contribution in [2.75, 3.05) is 14.2 Å². The third-order valence-corrected chi connectivity index (χ3v) is 6.44. The number of benzene rings is 3. The van der Waals surface area contributed by atoms with E-state index in [-0.39, 0.29) is 30.8 Å². The lowest BCUT2D eigenvalue weighted by molar-refractivity contribution is -0.141. The van der Waals surface area contributed by atoms with E-state index in [9.17, 15) is 9.59 Å². The molecule has 3 rings (SSSR count). The first-order valence-electron chi connectivity index (χ1n) is 12.4. The van der Waals surface area contributed by atoms with Gasteiger partial charge in [0.05, 0.1) is 14.2 Å². The van der Waals surface area contributed by atoms with E-state index in [0.717, 1.165) is 16.7 Å². The molecule has 7 heteroatoms. The Balaban J connectivity index is 1.91. The van der Waals surface area contributed by atoms with Crippen LogP contribution >= 0.6 is 11.6 Å². The van der Waals surface area contributed by atoms with Gasteiger partial charge in [-0.3, -0.25) is 9.59 Å². The average molecular weight is 523 g/mol. The second-order valence-corrected chi connectivity index (χ2v) is 9.58. The zero-order valence-corrected chi connectivity index (χ0v) is 22.6. The van der Waals surface area contributed by atoms with Gasteiger partial charge in [-0.05, 0) is 55.2 Å². The fraction of sp³-hybridized carbons (Fsp3) is 0.333. The number of ether oxygens (including phenoxy) is 2. The molecule has 2 amide bonds. The maximum absolute atomic E-state index is 13.8. The first-order chi connectivity index (χ1) is 17.8. The molecular weight excluding hydrogens is 488 g/mol. The summed E-state index contributed by atoms with van der Waals surface area (Å²) in [4.78, 5) is 28.9. The van der Waals surface area contributed by atoms with E-state index in [0.29, 0.717) is 29.4 Å². The Morgan fingerprint density at radius 1 is 0.892 bits per heavy atom. The summed E-state index contributed by atoms with van der Waals surface area (Å²) in [5.74, 6) is 0.921. The maximum atomic E-state index is 13.8. The van der Waals surface area contributed by atoms with Gasteiger partial charge in [0.1, 0.15) is 6.04 Å². The van der Waals surface area contributed by atoms with Gasteiger partial charge in [0.2, 0.25) is 11.8 Å². The molecule has 0 fully saturated rings. The Morgan fingerprint density at radius 3 is 2.22 bits per heavy atom. The van der Waals surface area contributed by atoms with E-state index in [1.807, 2.05) is 80.6 Å². The number of halogens is 1. The van der Waals surface area contributed by atoms with E-state index in [4.69, 9.17) is 21.1 Å². The van der Waals surface area contributed by atoms with Crippen LogP contribution in [0.15, 0.2) is 72.8 Å². The van der Waals surface area contributed by atoms with Crippen molar-refractivity contribution in [1.82, 2.24) is 10.2 Å². The largest absolute Gasteiger partial charge is 0.493 e. The highest BCUT2D eigenvalue weighted by molar-refractivity contribution is 6.31. The van der Waals surface area contributed by atoms with Crippen molar-refractivity contribution in [3.05, 3.63) is 94.5 Å². The van der Waals surface area contributed by atoms with Crippen LogP contribution in [0.3, 0.4) is 0 Å². The van der Waals surface area contributed by atoms with Crippen molar-refractivity contribution in [2.24, 2.45) is 0 Å². The van der Waals surface area contributed by atoms with Crippen LogP contribution in [0.25, 0.3) is 0 Å². The number of hydrogen-bond acceptors (Lipinski definition) is 4. The molecule has 0 aliphatic rings. The maximum Gasteiger partial charge on any atom is 0.243 e. The molecule has 1 N–H and O–H groups in total. The third-order valence-electron chi connectivity index (χ3n) is 6.08. The van der Waals surface area contributed by atoms with Crippen LogP contribution in [-0.2, 0) is 29.0 Å². The Bertz CT molecular complexity index is 1180. The molecule has 0 aliphatic carbocycles. The summed E-state index contributed by atoms with van der Waals surface area (Å²) in [6.45, 7) is 4.05. The number of hydrogen-bond donors (Lipinski definition) is 1. The summed E-state index contributed by atoms with van der Waals surface area (Å²) >= 11 is 6.47. The molecule has 0 bridgehead atoms. The predicted octanol–water partition coefficient (Wildman–Crippen LogP) is 5.45. The highest BCUT2D eigenvalue weighted by Gasteiger charge is 2.31. The highest BCUT2D eigenvalue weighted by Crippen LogP contribution is 2.28. The summed E-state index contributed by atoms with van der Waals surface area (Å²) in [6, 6.07) is 22.0. The second-order valence-electron chi connectivity index (χ2n) is 9.17. The van der Waals surface area contributed by atoms with Gasteiger partial charge < -0.3 is 19.7 Å². The lowest BCUT2D eigenvalue weighted by atomic mass is 10.0. The molecule has 196 valence electrons. The molecule has 0 heterocycles. The summed E-state index contributed by atoms with van der Waals surface area (Å²) in [5.41, 5.74) is 2.71. The van der Waals surface area contributed by atoms with Crippen LogP contribution in [0.5, 0.6) is 11.5 Å². The minimum absolute atomic E-state index is 0.0604. The lowest BCUT2D eigenvalue weighted by Crippen LogP contribution is -2.51. The fourth-order valence-electron chi connectivity index (χ4n) is 4.18. The second kappa shape index (κ2) is 13.7. The Morgan fingerprint density at radius 2 is 1.57 bits per heavy atom. The predicted molar refractivity (Wildman–Crippen MR) is 147 cm³/mol. The van der Waals surface area contributed by atoms with Crippen LogP contribution in [-0.4, -0.2) is 43.0 Å². The van der Waals surface area contributed by atoms with Crippen molar-refractivity contribution in [3.63, 3.8) is 0 Å². The SMILES string of the molecule is COc1ccc(CCC(=O)N(Cc2ccccc2Cl)C(Cc2ccccc2)C(=O)NC(C)C)cc1OC. The van der Waals surface area contributed by atoms with Gasteiger partial charge in [-0.25, -0.2) is 0 Å². The van der Waals surface area contributed by atoms with Gasteiger partial charge in [0, 0.05) is 30.5 Å². The molecule has 0 spiro atoms. The fourth-order valence-corrected chi connectivity index (χ4v) is 4.37. The normalized spacial score (nSPS) is 11.6. The Labute approximate surface area is 224 Å². The number of methoxy groups -OCH3 is 2. The Hall–Kier alpha value is -3.51. The smallest absolute Gasteiger partial charge is 0.243 e. The van der Waals surface area contributed by atoms with Crippen molar-refractivity contribution in [3.8, 4) is 11.5 Å². The molecule has 0 saturated heterocycles. The number of nitrogens with one attached hydrogen (secondary N) is 1. The van der Waals surface area contributed by atoms with Crippen molar-refractivity contribution in [1.29, 1.82) is 0 Å². The minimum atomic E-state index is -0.695.